The van der Waals surface area contributed by atoms with Crippen molar-refractivity contribution in [2.24, 2.45) is 0 Å². The number of rotatable bonds is 4. The van der Waals surface area contributed by atoms with Crippen molar-refractivity contribution in [3.63, 3.8) is 0 Å². The van der Waals surface area contributed by atoms with Crippen LogP contribution in [0.3, 0.4) is 0 Å². The Kier molecular flexibility index (Phi) is 6.68. The summed E-state index contributed by atoms with van der Waals surface area (Å²) >= 11 is 0. The largest absolute Gasteiger partial charge is 0.501 e. The second-order valence-corrected chi connectivity index (χ2v) is 7.74. The Morgan fingerprint density at radius 2 is 1.97 bits per heavy atom. The zero-order valence-electron chi connectivity index (χ0n) is 17.9. The van der Waals surface area contributed by atoms with Crippen LogP contribution in [-0.4, -0.2) is 70.2 Å². The van der Waals surface area contributed by atoms with E-state index in [1.807, 2.05) is 0 Å². The number of hydrogen-bond donors (Lipinski definition) is 2. The highest BCUT2D eigenvalue weighted by Crippen LogP contribution is 2.39. The Bertz CT molecular complexity index is 1100. The van der Waals surface area contributed by atoms with Gasteiger partial charge >= 0.3 is 5.56 Å². The third-order valence-corrected chi connectivity index (χ3v) is 5.41. The molecule has 0 aliphatic carbocycles. The summed E-state index contributed by atoms with van der Waals surface area (Å²) in [5.74, 6) is -1.39. The van der Waals surface area contributed by atoms with Crippen LogP contribution in [0.4, 0.5) is 4.39 Å². The lowest BCUT2D eigenvalue weighted by Gasteiger charge is -2.33. The number of carbonyl (C=O) groups excluding carboxylic acids is 3. The number of likely N-dealkylation sites (N-methyl/N-ethyl adjacent to an activating group) is 1. The summed E-state index contributed by atoms with van der Waals surface area (Å²) in [7, 11) is 4.82. The fraction of sp³-hybridized carbons (Fsp3) is 0.381. The lowest BCUT2D eigenvalue weighted by molar-refractivity contribution is -0.136. The topological polar surface area (TPSA) is 125 Å². The van der Waals surface area contributed by atoms with Crippen molar-refractivity contribution >= 4 is 18.1 Å². The molecule has 0 spiro atoms. The molecule has 2 aliphatic heterocycles. The molecule has 2 aromatic rings. The number of carbonyl (C=O) groups is 3. The van der Waals surface area contributed by atoms with E-state index in [1.54, 1.807) is 28.6 Å². The molecular formula is C21H24FN5O5. The maximum Gasteiger partial charge on any atom is 0.315 e. The second kappa shape index (κ2) is 9.27. The van der Waals surface area contributed by atoms with Crippen LogP contribution < -0.4 is 10.9 Å². The molecule has 0 saturated carbocycles. The van der Waals surface area contributed by atoms with Crippen molar-refractivity contribution in [1.29, 1.82) is 0 Å². The Balaban J connectivity index is 0.000000360. The highest BCUT2D eigenvalue weighted by atomic mass is 19.1. The average molecular weight is 445 g/mol. The zero-order valence-corrected chi connectivity index (χ0v) is 17.9. The van der Waals surface area contributed by atoms with Crippen molar-refractivity contribution in [3.05, 3.63) is 57.5 Å². The van der Waals surface area contributed by atoms with Gasteiger partial charge in [-0.25, -0.2) is 4.39 Å². The molecule has 1 aromatic carbocycles. The minimum absolute atomic E-state index is 0.00823. The zero-order chi connectivity index (χ0) is 23.6. The standard InChI is InChI=1S/C17H17FN4O3.C4H7NO2/c1-19-12-6-11-8-21(7-9-2-4-10(18)5-3-9)17(25)13-14(23)16(24)20-15(12)22(11)13;1-5(2)4(7)3-6/h2-5,11-12,19,23H,6-8H2,1H3;3H,1-2H3. The minimum atomic E-state index is -0.792. The SMILES string of the molecule is CN(C)C(=O)C=O.CNC1CC2CN(Cc3ccc(F)cc3)C(=O)c3c(O)c(=O)nc1n32. The third-order valence-electron chi connectivity index (χ3n) is 5.41. The first kappa shape index (κ1) is 23.1. The number of amides is 2. The minimum Gasteiger partial charge on any atom is -0.501 e. The molecule has 11 heteroatoms. The molecule has 0 fully saturated rings. The number of halogens is 1. The lowest BCUT2D eigenvalue weighted by Crippen LogP contribution is -2.43. The molecular weight excluding hydrogens is 421 g/mol. The Labute approximate surface area is 183 Å². The van der Waals surface area contributed by atoms with Gasteiger partial charge in [0.15, 0.2) is 5.69 Å². The number of aromatic hydroxyl groups is 1. The summed E-state index contributed by atoms with van der Waals surface area (Å²) in [4.78, 5) is 51.2. The van der Waals surface area contributed by atoms with Crippen LogP contribution in [0.15, 0.2) is 29.1 Å². The molecule has 0 bridgehead atoms. The van der Waals surface area contributed by atoms with Crippen LogP contribution >= 0.6 is 0 Å². The molecule has 0 saturated heterocycles. The maximum absolute atomic E-state index is 13.1. The molecule has 2 aliphatic rings. The first-order chi connectivity index (χ1) is 15.2. The van der Waals surface area contributed by atoms with E-state index in [9.17, 15) is 28.7 Å². The van der Waals surface area contributed by atoms with Gasteiger partial charge < -0.3 is 24.8 Å². The van der Waals surface area contributed by atoms with E-state index in [2.05, 4.69) is 10.3 Å². The highest BCUT2D eigenvalue weighted by molar-refractivity contribution is 6.23. The average Bonchev–Trinajstić information content (AvgIpc) is 3.12. The third kappa shape index (κ3) is 4.37. The molecule has 2 N–H and O–H groups in total. The molecule has 2 atom stereocenters. The van der Waals surface area contributed by atoms with Crippen molar-refractivity contribution in [2.75, 3.05) is 27.7 Å². The Morgan fingerprint density at radius 1 is 1.31 bits per heavy atom. The number of nitrogens with one attached hydrogen (secondary N) is 1. The van der Waals surface area contributed by atoms with Gasteiger partial charge in [0.2, 0.25) is 12.0 Å². The van der Waals surface area contributed by atoms with Gasteiger partial charge in [-0.3, -0.25) is 19.2 Å². The van der Waals surface area contributed by atoms with Crippen LogP contribution in [0, 0.1) is 5.82 Å². The van der Waals surface area contributed by atoms with Crippen molar-refractivity contribution in [1.82, 2.24) is 24.7 Å². The van der Waals surface area contributed by atoms with Gasteiger partial charge in [0.1, 0.15) is 11.6 Å². The van der Waals surface area contributed by atoms with Crippen LogP contribution in [0.2, 0.25) is 0 Å². The highest BCUT2D eigenvalue weighted by Gasteiger charge is 2.42. The summed E-state index contributed by atoms with van der Waals surface area (Å²) < 4.78 is 14.8. The molecule has 1 aromatic heterocycles. The smallest absolute Gasteiger partial charge is 0.315 e. The molecule has 10 nitrogen and oxygen atoms in total. The molecule has 170 valence electrons. The molecule has 2 unspecified atom stereocenters. The van der Waals surface area contributed by atoms with E-state index < -0.39 is 23.1 Å². The normalized spacial score (nSPS) is 18.5. The monoisotopic (exact) mass is 445 g/mol. The van der Waals surface area contributed by atoms with Crippen molar-refractivity contribution in [2.45, 2.75) is 25.0 Å². The summed E-state index contributed by atoms with van der Waals surface area (Å²) in [6, 6.07) is 5.71. The van der Waals surface area contributed by atoms with Gasteiger partial charge in [-0.1, -0.05) is 12.1 Å². The van der Waals surface area contributed by atoms with E-state index in [1.165, 1.54) is 31.1 Å². The fourth-order valence-electron chi connectivity index (χ4n) is 3.79. The predicted molar refractivity (Wildman–Crippen MR) is 112 cm³/mol. The maximum atomic E-state index is 13.1. The molecule has 32 heavy (non-hydrogen) atoms. The van der Waals surface area contributed by atoms with E-state index >= 15 is 0 Å². The second-order valence-electron chi connectivity index (χ2n) is 7.74. The van der Waals surface area contributed by atoms with Gasteiger partial charge in [0.25, 0.3) is 11.8 Å². The number of nitrogens with zero attached hydrogens (tertiary/aromatic N) is 4. The summed E-state index contributed by atoms with van der Waals surface area (Å²) in [6.07, 6.45) is 0.951. The lowest BCUT2D eigenvalue weighted by atomic mass is 10.1. The van der Waals surface area contributed by atoms with Crippen molar-refractivity contribution in [3.8, 4) is 5.75 Å². The number of benzene rings is 1. The Hall–Kier alpha value is -3.60. The van der Waals surface area contributed by atoms with Gasteiger partial charge in [-0.05, 0) is 31.2 Å². The van der Waals surface area contributed by atoms with Crippen LogP contribution in [-0.2, 0) is 16.1 Å². The first-order valence-corrected chi connectivity index (χ1v) is 9.90. The van der Waals surface area contributed by atoms with E-state index in [0.717, 1.165) is 5.56 Å². The van der Waals surface area contributed by atoms with E-state index in [-0.39, 0.29) is 36.4 Å². The molecule has 2 amide bonds. The summed E-state index contributed by atoms with van der Waals surface area (Å²) in [5, 5.41) is 13.2. The van der Waals surface area contributed by atoms with Crippen LogP contribution in [0.5, 0.6) is 5.75 Å². The first-order valence-electron chi connectivity index (χ1n) is 9.90. The number of aldehydes is 1. The van der Waals surface area contributed by atoms with E-state index in [4.69, 9.17) is 0 Å². The van der Waals surface area contributed by atoms with Gasteiger partial charge in [-0.2, -0.15) is 4.98 Å². The fourth-order valence-corrected chi connectivity index (χ4v) is 3.79. The van der Waals surface area contributed by atoms with Crippen LogP contribution in [0.25, 0.3) is 0 Å². The predicted octanol–water partition coefficient (Wildman–Crippen LogP) is 0.223. The van der Waals surface area contributed by atoms with Gasteiger partial charge in [0, 0.05) is 27.2 Å². The van der Waals surface area contributed by atoms with E-state index in [0.29, 0.717) is 18.8 Å². The molecule has 4 rings (SSSR count). The quantitative estimate of drug-likeness (QED) is 0.510. The van der Waals surface area contributed by atoms with Gasteiger partial charge in [0.05, 0.1) is 12.1 Å². The van der Waals surface area contributed by atoms with Crippen molar-refractivity contribution < 1.29 is 23.9 Å². The summed E-state index contributed by atoms with van der Waals surface area (Å²) in [6.45, 7) is 0.726. The molecule has 3 heterocycles. The number of hydrogen-bond acceptors (Lipinski definition) is 7. The van der Waals surface area contributed by atoms with Gasteiger partial charge in [-0.15, -0.1) is 0 Å². The number of aromatic nitrogens is 2. The van der Waals surface area contributed by atoms with Crippen LogP contribution in [0.1, 0.15) is 40.4 Å². The Morgan fingerprint density at radius 3 is 2.50 bits per heavy atom. The summed E-state index contributed by atoms with van der Waals surface area (Å²) in [5.41, 5.74) is -0.0206. The molecule has 0 radical (unpaired) electrons.